The van der Waals surface area contributed by atoms with Crippen LogP contribution in [0.4, 0.5) is 5.95 Å². The second-order valence-electron chi connectivity index (χ2n) is 6.89. The first kappa shape index (κ1) is 17.1. The third-order valence-electron chi connectivity index (χ3n) is 5.02. The highest BCUT2D eigenvalue weighted by molar-refractivity contribution is 5.78. The van der Waals surface area contributed by atoms with Crippen molar-refractivity contribution in [3.63, 3.8) is 0 Å². The summed E-state index contributed by atoms with van der Waals surface area (Å²) in [6.07, 6.45) is 9.52. The van der Waals surface area contributed by atoms with E-state index in [0.29, 0.717) is 31.3 Å². The third-order valence-corrected chi connectivity index (χ3v) is 5.02. The van der Waals surface area contributed by atoms with Crippen molar-refractivity contribution in [1.82, 2.24) is 29.2 Å². The summed E-state index contributed by atoms with van der Waals surface area (Å²) in [6, 6.07) is 6.25. The molecule has 28 heavy (non-hydrogen) atoms. The van der Waals surface area contributed by atoms with Gasteiger partial charge >= 0.3 is 0 Å². The molecule has 0 amide bonds. The van der Waals surface area contributed by atoms with Crippen molar-refractivity contribution in [3.05, 3.63) is 43.0 Å². The van der Waals surface area contributed by atoms with E-state index in [1.807, 2.05) is 41.3 Å². The maximum atomic E-state index is 5.71. The molecule has 0 spiro atoms. The maximum Gasteiger partial charge on any atom is 0.241 e. The summed E-state index contributed by atoms with van der Waals surface area (Å²) in [5.74, 6) is 0.619. The SMILES string of the molecule is COCCOC1CC(Nc2ncc3c(-c4ccc5nccn5n4)ccn3n2)C1. The molecule has 9 nitrogen and oxygen atoms in total. The predicted molar refractivity (Wildman–Crippen MR) is 103 cm³/mol. The van der Waals surface area contributed by atoms with Gasteiger partial charge in [-0.25, -0.2) is 19.0 Å². The van der Waals surface area contributed by atoms with Crippen molar-refractivity contribution in [1.29, 1.82) is 0 Å². The molecule has 0 unspecified atom stereocenters. The van der Waals surface area contributed by atoms with Crippen LogP contribution in [0.1, 0.15) is 12.8 Å². The van der Waals surface area contributed by atoms with Crippen molar-refractivity contribution in [2.24, 2.45) is 0 Å². The molecule has 0 atom stereocenters. The number of hydrogen-bond donors (Lipinski definition) is 1. The van der Waals surface area contributed by atoms with Gasteiger partial charge in [-0.15, -0.1) is 5.10 Å². The maximum absolute atomic E-state index is 5.71. The number of fused-ring (bicyclic) bond motifs is 2. The molecule has 1 saturated carbocycles. The first-order chi connectivity index (χ1) is 13.8. The molecule has 1 N–H and O–H groups in total. The van der Waals surface area contributed by atoms with Gasteiger partial charge in [0.05, 0.1) is 36.7 Å². The molecule has 0 radical (unpaired) electrons. The van der Waals surface area contributed by atoms with Crippen LogP contribution in [0.25, 0.3) is 22.4 Å². The van der Waals surface area contributed by atoms with E-state index in [0.717, 1.165) is 35.3 Å². The Kier molecular flexibility index (Phi) is 4.38. The Morgan fingerprint density at radius 3 is 2.89 bits per heavy atom. The summed E-state index contributed by atoms with van der Waals surface area (Å²) < 4.78 is 14.3. The van der Waals surface area contributed by atoms with Crippen molar-refractivity contribution in [3.8, 4) is 11.3 Å². The lowest BCUT2D eigenvalue weighted by Crippen LogP contribution is -2.41. The monoisotopic (exact) mass is 379 g/mol. The van der Waals surface area contributed by atoms with Gasteiger partial charge in [-0.1, -0.05) is 0 Å². The highest BCUT2D eigenvalue weighted by Gasteiger charge is 2.30. The van der Waals surface area contributed by atoms with E-state index in [9.17, 15) is 0 Å². The average Bonchev–Trinajstić information content (AvgIpc) is 3.31. The number of imidazole rings is 1. The third kappa shape index (κ3) is 3.19. The Balaban J connectivity index is 1.29. The molecular formula is C19H21N7O2. The van der Waals surface area contributed by atoms with Crippen LogP contribution in [0.2, 0.25) is 0 Å². The zero-order valence-electron chi connectivity index (χ0n) is 15.5. The summed E-state index contributed by atoms with van der Waals surface area (Å²) in [5, 5.41) is 12.6. The van der Waals surface area contributed by atoms with E-state index < -0.39 is 0 Å². The van der Waals surface area contributed by atoms with Crippen LogP contribution in [0.3, 0.4) is 0 Å². The van der Waals surface area contributed by atoms with E-state index in [-0.39, 0.29) is 0 Å². The number of anilines is 1. The number of nitrogens with zero attached hydrogens (tertiary/aromatic N) is 6. The number of aromatic nitrogens is 6. The van der Waals surface area contributed by atoms with Crippen LogP contribution in [0, 0.1) is 0 Å². The predicted octanol–water partition coefficient (Wildman–Crippen LogP) is 2.04. The van der Waals surface area contributed by atoms with Crippen LogP contribution in [0.5, 0.6) is 0 Å². The molecule has 0 aliphatic heterocycles. The standard InChI is InChI=1S/C19H21N7O2/c1-27-8-9-28-14-10-13(11-14)22-19-21-12-17-15(4-6-25(17)24-19)16-2-3-18-20-5-7-26(18)23-16/h2-7,12-14H,8-11H2,1H3,(H,22,24). The fourth-order valence-electron chi connectivity index (χ4n) is 3.44. The van der Waals surface area contributed by atoms with Gasteiger partial charge in [0.2, 0.25) is 5.95 Å². The van der Waals surface area contributed by atoms with E-state index in [4.69, 9.17) is 9.47 Å². The van der Waals surface area contributed by atoms with Crippen molar-refractivity contribution in [2.75, 3.05) is 25.6 Å². The Bertz CT molecular complexity index is 1100. The van der Waals surface area contributed by atoms with Gasteiger partial charge in [0.1, 0.15) is 0 Å². The van der Waals surface area contributed by atoms with Crippen LogP contribution in [0.15, 0.2) is 43.0 Å². The zero-order valence-corrected chi connectivity index (χ0v) is 15.5. The molecule has 1 aliphatic carbocycles. The Labute approximate surface area is 161 Å². The minimum absolute atomic E-state index is 0.290. The van der Waals surface area contributed by atoms with Gasteiger partial charge in [-0.3, -0.25) is 0 Å². The Morgan fingerprint density at radius 1 is 1.07 bits per heavy atom. The minimum Gasteiger partial charge on any atom is -0.382 e. The van der Waals surface area contributed by atoms with Gasteiger partial charge in [-0.05, 0) is 31.0 Å². The van der Waals surface area contributed by atoms with E-state index in [2.05, 4.69) is 25.5 Å². The average molecular weight is 379 g/mol. The second-order valence-corrected chi connectivity index (χ2v) is 6.89. The van der Waals surface area contributed by atoms with Gasteiger partial charge in [-0.2, -0.15) is 5.10 Å². The largest absolute Gasteiger partial charge is 0.382 e. The zero-order chi connectivity index (χ0) is 18.9. The lowest BCUT2D eigenvalue weighted by atomic mass is 9.89. The number of nitrogens with one attached hydrogen (secondary N) is 1. The fraction of sp³-hybridized carbons (Fsp3) is 0.368. The molecule has 4 heterocycles. The molecule has 144 valence electrons. The highest BCUT2D eigenvalue weighted by atomic mass is 16.5. The van der Waals surface area contributed by atoms with Crippen molar-refractivity contribution < 1.29 is 9.47 Å². The Hall–Kier alpha value is -3.04. The van der Waals surface area contributed by atoms with Crippen LogP contribution in [-0.4, -0.2) is 61.7 Å². The summed E-state index contributed by atoms with van der Waals surface area (Å²) in [7, 11) is 1.68. The molecule has 9 heteroatoms. The van der Waals surface area contributed by atoms with Crippen LogP contribution >= 0.6 is 0 Å². The number of hydrogen-bond acceptors (Lipinski definition) is 7. The molecule has 1 fully saturated rings. The quantitative estimate of drug-likeness (QED) is 0.491. The summed E-state index contributed by atoms with van der Waals surface area (Å²) in [5.41, 5.74) is 3.57. The normalized spacial score (nSPS) is 19.2. The molecular weight excluding hydrogens is 358 g/mol. The van der Waals surface area contributed by atoms with Crippen molar-refractivity contribution in [2.45, 2.75) is 25.0 Å². The van der Waals surface area contributed by atoms with Gasteiger partial charge in [0.15, 0.2) is 5.65 Å². The molecule has 4 aromatic heterocycles. The highest BCUT2D eigenvalue weighted by Crippen LogP contribution is 2.27. The molecule has 1 aliphatic rings. The number of ether oxygens (including phenoxy) is 2. The first-order valence-corrected chi connectivity index (χ1v) is 9.32. The van der Waals surface area contributed by atoms with Crippen LogP contribution < -0.4 is 5.32 Å². The molecule has 5 rings (SSSR count). The van der Waals surface area contributed by atoms with Gasteiger partial charge in [0, 0.05) is 37.3 Å². The fourth-order valence-corrected chi connectivity index (χ4v) is 3.44. The molecule has 0 aromatic carbocycles. The number of methoxy groups -OCH3 is 1. The van der Waals surface area contributed by atoms with Gasteiger partial charge in [0.25, 0.3) is 0 Å². The minimum atomic E-state index is 0.290. The molecule has 0 bridgehead atoms. The lowest BCUT2D eigenvalue weighted by Gasteiger charge is -2.35. The van der Waals surface area contributed by atoms with Gasteiger partial charge < -0.3 is 14.8 Å². The van der Waals surface area contributed by atoms with Crippen LogP contribution in [-0.2, 0) is 9.47 Å². The summed E-state index contributed by atoms with van der Waals surface area (Å²) in [6.45, 7) is 1.27. The van der Waals surface area contributed by atoms with Crippen molar-refractivity contribution >= 4 is 17.1 Å². The van der Waals surface area contributed by atoms with E-state index in [1.165, 1.54) is 0 Å². The number of rotatable bonds is 7. The summed E-state index contributed by atoms with van der Waals surface area (Å²) >= 11 is 0. The topological polar surface area (TPSA) is 90.9 Å². The molecule has 0 saturated heterocycles. The molecule has 4 aromatic rings. The second kappa shape index (κ2) is 7.17. The Morgan fingerprint density at radius 2 is 2.00 bits per heavy atom. The smallest absolute Gasteiger partial charge is 0.241 e. The summed E-state index contributed by atoms with van der Waals surface area (Å²) in [4.78, 5) is 8.72. The first-order valence-electron chi connectivity index (χ1n) is 9.32. The van der Waals surface area contributed by atoms with E-state index >= 15 is 0 Å². The van der Waals surface area contributed by atoms with E-state index in [1.54, 1.807) is 17.8 Å². The lowest BCUT2D eigenvalue weighted by molar-refractivity contribution is -0.0261.